The molecule has 0 bridgehead atoms. The highest BCUT2D eigenvalue weighted by Gasteiger charge is 2.17. The van der Waals surface area contributed by atoms with Crippen LogP contribution in [0.25, 0.3) is 0 Å². The van der Waals surface area contributed by atoms with Crippen molar-refractivity contribution in [2.24, 2.45) is 0 Å². The van der Waals surface area contributed by atoms with Crippen LogP contribution < -0.4 is 16.0 Å². The highest BCUT2D eigenvalue weighted by Crippen LogP contribution is 2.01. The topological polar surface area (TPSA) is 42.6 Å². The Balaban J connectivity index is 1.63. The van der Waals surface area contributed by atoms with E-state index >= 15 is 0 Å². The minimum atomic E-state index is 0.379. The fraction of sp³-hybridized carbons (Fsp3) is 0.600. The smallest absolute Gasteiger partial charge is 0.111 e. The fourth-order valence-electron chi connectivity index (χ4n) is 1.75. The van der Waals surface area contributed by atoms with Gasteiger partial charge in [0.05, 0.1) is 0 Å². The van der Waals surface area contributed by atoms with Crippen molar-refractivity contribution < 1.29 is 0 Å². The van der Waals surface area contributed by atoms with Gasteiger partial charge in [-0.25, -0.2) is 0 Å². The summed E-state index contributed by atoms with van der Waals surface area (Å²) < 4.78 is 0. The maximum Gasteiger partial charge on any atom is 0.111 e. The standard InChI is InChI=1S/C10H19N5/c1-14-5-3-12-9(14)7-11-8-10-13-4-6-15(10)2/h3-6,9-13H,7-8H2,1-2H3. The van der Waals surface area contributed by atoms with Crippen LogP contribution in [-0.2, 0) is 0 Å². The zero-order chi connectivity index (χ0) is 10.7. The molecule has 0 amide bonds. The van der Waals surface area contributed by atoms with Crippen molar-refractivity contribution in [1.29, 1.82) is 0 Å². The Morgan fingerprint density at radius 1 is 1.00 bits per heavy atom. The van der Waals surface area contributed by atoms with Gasteiger partial charge in [0.15, 0.2) is 0 Å². The average Bonchev–Trinajstić information content (AvgIpc) is 2.78. The molecule has 0 aromatic carbocycles. The van der Waals surface area contributed by atoms with Gasteiger partial charge in [0.25, 0.3) is 0 Å². The second-order valence-corrected chi connectivity index (χ2v) is 3.99. The molecule has 2 heterocycles. The van der Waals surface area contributed by atoms with Crippen molar-refractivity contribution in [3.05, 3.63) is 24.8 Å². The number of hydrogen-bond acceptors (Lipinski definition) is 5. The van der Waals surface area contributed by atoms with E-state index in [9.17, 15) is 0 Å². The summed E-state index contributed by atoms with van der Waals surface area (Å²) >= 11 is 0. The summed E-state index contributed by atoms with van der Waals surface area (Å²) in [5, 5.41) is 9.99. The van der Waals surface area contributed by atoms with Gasteiger partial charge in [-0.05, 0) is 0 Å². The van der Waals surface area contributed by atoms with Gasteiger partial charge in [-0.3, -0.25) is 0 Å². The first-order valence-electron chi connectivity index (χ1n) is 5.27. The van der Waals surface area contributed by atoms with Crippen LogP contribution in [0.3, 0.4) is 0 Å². The molecular formula is C10H19N5. The molecule has 84 valence electrons. The number of nitrogens with one attached hydrogen (secondary N) is 3. The predicted octanol–water partition coefficient (Wildman–Crippen LogP) is -0.759. The minimum absolute atomic E-state index is 0.379. The molecule has 0 aromatic rings. The SMILES string of the molecule is CN1C=CNC1CNCC1NC=CN1C. The quantitative estimate of drug-likeness (QED) is 0.568. The summed E-state index contributed by atoms with van der Waals surface area (Å²) in [6.07, 6.45) is 8.82. The summed E-state index contributed by atoms with van der Waals surface area (Å²) in [6.45, 7) is 1.88. The fourth-order valence-corrected chi connectivity index (χ4v) is 1.75. The van der Waals surface area contributed by atoms with Crippen LogP contribution in [0.1, 0.15) is 0 Å². The lowest BCUT2D eigenvalue weighted by molar-refractivity contribution is 0.282. The monoisotopic (exact) mass is 209 g/mol. The third kappa shape index (κ3) is 2.36. The highest BCUT2D eigenvalue weighted by atomic mass is 15.3. The summed E-state index contributed by atoms with van der Waals surface area (Å²) in [5.41, 5.74) is 0. The van der Waals surface area contributed by atoms with E-state index in [2.05, 4.69) is 39.8 Å². The van der Waals surface area contributed by atoms with Gasteiger partial charge in [0.2, 0.25) is 0 Å². The van der Waals surface area contributed by atoms with Gasteiger partial charge >= 0.3 is 0 Å². The van der Waals surface area contributed by atoms with Crippen molar-refractivity contribution in [2.45, 2.75) is 12.3 Å². The molecule has 15 heavy (non-hydrogen) atoms. The van der Waals surface area contributed by atoms with E-state index in [4.69, 9.17) is 0 Å². The third-order valence-corrected chi connectivity index (χ3v) is 2.86. The second-order valence-electron chi connectivity index (χ2n) is 3.99. The number of hydrogen-bond donors (Lipinski definition) is 3. The number of rotatable bonds is 4. The second kappa shape index (κ2) is 4.44. The van der Waals surface area contributed by atoms with Gasteiger partial charge < -0.3 is 25.8 Å². The summed E-state index contributed by atoms with van der Waals surface area (Å²) in [4.78, 5) is 4.33. The molecule has 3 N–H and O–H groups in total. The summed E-state index contributed by atoms with van der Waals surface area (Å²) in [6, 6.07) is 0. The number of likely N-dealkylation sites (N-methyl/N-ethyl adjacent to an activating group) is 2. The molecule has 5 heteroatoms. The Hall–Kier alpha value is -1.36. The maximum atomic E-state index is 3.44. The molecule has 2 unspecified atom stereocenters. The number of nitrogens with zero attached hydrogens (tertiary/aromatic N) is 2. The Morgan fingerprint density at radius 2 is 1.47 bits per heavy atom. The van der Waals surface area contributed by atoms with Crippen LogP contribution in [0.2, 0.25) is 0 Å². The van der Waals surface area contributed by atoms with E-state index in [1.165, 1.54) is 0 Å². The molecule has 0 saturated heterocycles. The van der Waals surface area contributed by atoms with Crippen molar-refractivity contribution in [2.75, 3.05) is 27.2 Å². The van der Waals surface area contributed by atoms with E-state index in [0.717, 1.165) is 13.1 Å². The van der Waals surface area contributed by atoms with E-state index in [-0.39, 0.29) is 0 Å². The average molecular weight is 209 g/mol. The molecule has 5 nitrogen and oxygen atoms in total. The van der Waals surface area contributed by atoms with Crippen LogP contribution in [0.5, 0.6) is 0 Å². The van der Waals surface area contributed by atoms with Crippen LogP contribution in [0.4, 0.5) is 0 Å². The molecule has 0 spiro atoms. The molecule has 2 rings (SSSR count). The zero-order valence-electron chi connectivity index (χ0n) is 9.27. The van der Waals surface area contributed by atoms with Crippen molar-refractivity contribution in [3.63, 3.8) is 0 Å². The highest BCUT2D eigenvalue weighted by molar-refractivity contribution is 4.95. The Morgan fingerprint density at radius 3 is 1.80 bits per heavy atom. The molecule has 0 radical (unpaired) electrons. The third-order valence-electron chi connectivity index (χ3n) is 2.86. The largest absolute Gasteiger partial charge is 0.369 e. The molecule has 0 aromatic heterocycles. The van der Waals surface area contributed by atoms with E-state index in [1.807, 2.05) is 24.8 Å². The van der Waals surface area contributed by atoms with Gasteiger partial charge in [-0.15, -0.1) is 0 Å². The molecule has 2 aliphatic heterocycles. The Labute approximate surface area is 90.8 Å². The van der Waals surface area contributed by atoms with Gasteiger partial charge in [-0.2, -0.15) is 0 Å². The van der Waals surface area contributed by atoms with Gasteiger partial charge in [0.1, 0.15) is 12.3 Å². The first-order chi connectivity index (χ1) is 7.27. The van der Waals surface area contributed by atoms with Crippen LogP contribution in [0, 0.1) is 0 Å². The minimum Gasteiger partial charge on any atom is -0.369 e. The lowest BCUT2D eigenvalue weighted by atomic mass is 10.4. The molecule has 2 atom stereocenters. The van der Waals surface area contributed by atoms with Crippen LogP contribution >= 0.6 is 0 Å². The first kappa shape index (κ1) is 10.2. The maximum absolute atomic E-state index is 3.44. The lowest BCUT2D eigenvalue weighted by Gasteiger charge is -2.25. The molecular weight excluding hydrogens is 190 g/mol. The zero-order valence-corrected chi connectivity index (χ0v) is 9.27. The van der Waals surface area contributed by atoms with Crippen molar-refractivity contribution in [1.82, 2.24) is 25.8 Å². The van der Waals surface area contributed by atoms with Gasteiger partial charge in [-0.1, -0.05) is 0 Å². The van der Waals surface area contributed by atoms with Crippen LogP contribution in [0.15, 0.2) is 24.8 Å². The molecule has 0 saturated carbocycles. The lowest BCUT2D eigenvalue weighted by Crippen LogP contribution is -2.47. The van der Waals surface area contributed by atoms with Crippen molar-refractivity contribution >= 4 is 0 Å². The van der Waals surface area contributed by atoms with Crippen LogP contribution in [-0.4, -0.2) is 49.3 Å². The van der Waals surface area contributed by atoms with E-state index in [1.54, 1.807) is 0 Å². The molecule has 0 aliphatic carbocycles. The normalized spacial score (nSPS) is 28.4. The first-order valence-corrected chi connectivity index (χ1v) is 5.27. The van der Waals surface area contributed by atoms with E-state index in [0.29, 0.717) is 12.3 Å². The Bertz CT molecular complexity index is 237. The Kier molecular flexibility index (Phi) is 3.01. The summed E-state index contributed by atoms with van der Waals surface area (Å²) in [7, 11) is 4.15. The van der Waals surface area contributed by atoms with Crippen molar-refractivity contribution in [3.8, 4) is 0 Å². The molecule has 2 aliphatic rings. The summed E-state index contributed by atoms with van der Waals surface area (Å²) in [5.74, 6) is 0. The van der Waals surface area contributed by atoms with Gasteiger partial charge in [0, 0.05) is 52.0 Å². The molecule has 0 fully saturated rings. The predicted molar refractivity (Wildman–Crippen MR) is 60.5 cm³/mol. The van der Waals surface area contributed by atoms with E-state index < -0.39 is 0 Å².